The lowest BCUT2D eigenvalue weighted by Crippen LogP contribution is -2.44. The van der Waals surface area contributed by atoms with E-state index in [2.05, 4.69) is 37.1 Å². The van der Waals surface area contributed by atoms with Crippen LogP contribution in [-0.4, -0.2) is 58.1 Å². The van der Waals surface area contributed by atoms with Gasteiger partial charge in [-0.3, -0.25) is 4.98 Å². The van der Waals surface area contributed by atoms with Crippen molar-refractivity contribution < 1.29 is 0 Å². The minimum absolute atomic E-state index is 0.529. The van der Waals surface area contributed by atoms with Gasteiger partial charge in [-0.1, -0.05) is 30.3 Å². The summed E-state index contributed by atoms with van der Waals surface area (Å²) in [5.41, 5.74) is 3.56. The molecule has 0 saturated carbocycles. The molecule has 0 radical (unpaired) electrons. The number of anilines is 3. The summed E-state index contributed by atoms with van der Waals surface area (Å²) in [5, 5.41) is 4.23. The molecule has 0 aliphatic carbocycles. The Morgan fingerprint density at radius 2 is 1.67 bits per heavy atom. The van der Waals surface area contributed by atoms with E-state index in [1.54, 1.807) is 6.20 Å². The molecule has 1 aromatic carbocycles. The SMILES string of the molecule is CN1CCN(c2ccc(Nc3ncc4ccnc(-c5ccccc5)c4n3)cn2)CC1. The number of piperazine rings is 1. The molecule has 7 heteroatoms. The average molecular weight is 397 g/mol. The third-order valence-corrected chi connectivity index (χ3v) is 5.38. The third kappa shape index (κ3) is 3.79. The van der Waals surface area contributed by atoms with Crippen molar-refractivity contribution in [3.8, 4) is 11.3 Å². The van der Waals surface area contributed by atoms with E-state index < -0.39 is 0 Å². The predicted molar refractivity (Wildman–Crippen MR) is 120 cm³/mol. The zero-order valence-corrected chi connectivity index (χ0v) is 16.9. The van der Waals surface area contributed by atoms with Gasteiger partial charge in [0.05, 0.1) is 17.6 Å². The van der Waals surface area contributed by atoms with Gasteiger partial charge >= 0.3 is 0 Å². The molecule has 1 saturated heterocycles. The van der Waals surface area contributed by atoms with Crippen LogP contribution in [0.3, 0.4) is 0 Å². The molecular formula is C23H23N7. The van der Waals surface area contributed by atoms with Crippen LogP contribution in [0.4, 0.5) is 17.5 Å². The third-order valence-electron chi connectivity index (χ3n) is 5.38. The Morgan fingerprint density at radius 1 is 0.833 bits per heavy atom. The van der Waals surface area contributed by atoms with E-state index in [1.165, 1.54) is 0 Å². The monoisotopic (exact) mass is 397 g/mol. The number of rotatable bonds is 4. The van der Waals surface area contributed by atoms with Gasteiger partial charge in [0.25, 0.3) is 0 Å². The summed E-state index contributed by atoms with van der Waals surface area (Å²) >= 11 is 0. The predicted octanol–water partition coefficient (Wildman–Crippen LogP) is 3.58. The molecule has 0 unspecified atom stereocenters. The van der Waals surface area contributed by atoms with Gasteiger partial charge in [0.2, 0.25) is 5.95 Å². The lowest BCUT2D eigenvalue weighted by molar-refractivity contribution is 0.312. The number of likely N-dealkylation sites (N-methyl/N-ethyl adjacent to an activating group) is 1. The van der Waals surface area contributed by atoms with E-state index in [1.807, 2.05) is 60.9 Å². The standard InChI is InChI=1S/C23H23N7/c1-29-11-13-30(14-12-29)20-8-7-19(16-25-20)27-23-26-15-18-9-10-24-21(22(18)28-23)17-5-3-2-4-6-17/h2-10,15-16H,11-14H2,1H3,(H,26,27,28). The van der Waals surface area contributed by atoms with Crippen molar-refractivity contribution in [2.45, 2.75) is 0 Å². The van der Waals surface area contributed by atoms with Crippen LogP contribution >= 0.6 is 0 Å². The first-order valence-corrected chi connectivity index (χ1v) is 10.1. The number of hydrogen-bond acceptors (Lipinski definition) is 7. The first-order chi connectivity index (χ1) is 14.8. The van der Waals surface area contributed by atoms with E-state index in [4.69, 9.17) is 4.98 Å². The topological polar surface area (TPSA) is 70.1 Å². The van der Waals surface area contributed by atoms with Gasteiger partial charge in [0.1, 0.15) is 11.3 Å². The zero-order valence-electron chi connectivity index (χ0n) is 16.9. The Bertz CT molecular complexity index is 1140. The van der Waals surface area contributed by atoms with Gasteiger partial charge in [0, 0.05) is 49.5 Å². The van der Waals surface area contributed by atoms with Crippen LogP contribution < -0.4 is 10.2 Å². The van der Waals surface area contributed by atoms with Crippen LogP contribution in [0.5, 0.6) is 0 Å². The Morgan fingerprint density at radius 3 is 2.43 bits per heavy atom. The molecule has 0 spiro atoms. The molecule has 30 heavy (non-hydrogen) atoms. The molecule has 4 aromatic rings. The van der Waals surface area contributed by atoms with Crippen LogP contribution in [0.15, 0.2) is 67.1 Å². The fourth-order valence-corrected chi connectivity index (χ4v) is 3.64. The Balaban J connectivity index is 1.39. The van der Waals surface area contributed by atoms with Crippen LogP contribution in [0.2, 0.25) is 0 Å². The summed E-state index contributed by atoms with van der Waals surface area (Å²) < 4.78 is 0. The summed E-state index contributed by atoms with van der Waals surface area (Å²) in [6, 6.07) is 16.1. The molecule has 150 valence electrons. The molecule has 0 atom stereocenters. The smallest absolute Gasteiger partial charge is 0.227 e. The van der Waals surface area contributed by atoms with Crippen LogP contribution in [0.1, 0.15) is 0 Å². The molecule has 1 N–H and O–H groups in total. The van der Waals surface area contributed by atoms with E-state index in [-0.39, 0.29) is 0 Å². The lowest BCUT2D eigenvalue weighted by atomic mass is 10.1. The highest BCUT2D eigenvalue weighted by molar-refractivity contribution is 5.91. The van der Waals surface area contributed by atoms with Gasteiger partial charge < -0.3 is 15.1 Å². The molecule has 7 nitrogen and oxygen atoms in total. The first-order valence-electron chi connectivity index (χ1n) is 10.1. The number of nitrogens with zero attached hydrogens (tertiary/aromatic N) is 6. The summed E-state index contributed by atoms with van der Waals surface area (Å²) in [5.74, 6) is 1.53. The fraction of sp³-hybridized carbons (Fsp3) is 0.217. The fourth-order valence-electron chi connectivity index (χ4n) is 3.64. The van der Waals surface area contributed by atoms with Gasteiger partial charge in [-0.15, -0.1) is 0 Å². The van der Waals surface area contributed by atoms with Gasteiger partial charge in [-0.05, 0) is 25.2 Å². The second kappa shape index (κ2) is 8.04. The summed E-state index contributed by atoms with van der Waals surface area (Å²) in [4.78, 5) is 23.0. The molecule has 5 rings (SSSR count). The van der Waals surface area contributed by atoms with E-state index in [0.717, 1.165) is 59.8 Å². The van der Waals surface area contributed by atoms with Crippen molar-refractivity contribution in [3.63, 3.8) is 0 Å². The Labute approximate surface area is 175 Å². The summed E-state index contributed by atoms with van der Waals surface area (Å²) in [6.07, 6.45) is 5.45. The largest absolute Gasteiger partial charge is 0.354 e. The number of fused-ring (bicyclic) bond motifs is 1. The molecule has 4 heterocycles. The zero-order chi connectivity index (χ0) is 20.3. The second-order valence-corrected chi connectivity index (χ2v) is 7.48. The number of pyridine rings is 2. The number of hydrogen-bond donors (Lipinski definition) is 1. The maximum Gasteiger partial charge on any atom is 0.227 e. The second-order valence-electron chi connectivity index (χ2n) is 7.48. The Kier molecular flexibility index (Phi) is 4.94. The molecular weight excluding hydrogens is 374 g/mol. The first kappa shape index (κ1) is 18.4. The number of aromatic nitrogens is 4. The summed E-state index contributed by atoms with van der Waals surface area (Å²) in [7, 11) is 2.15. The molecule has 1 aliphatic heterocycles. The van der Waals surface area contributed by atoms with Gasteiger partial charge in [-0.25, -0.2) is 15.0 Å². The Hall–Kier alpha value is -3.58. The molecule has 0 bridgehead atoms. The van der Waals surface area contributed by atoms with Gasteiger partial charge in [-0.2, -0.15) is 0 Å². The normalized spacial score (nSPS) is 14.8. The highest BCUT2D eigenvalue weighted by Crippen LogP contribution is 2.26. The van der Waals surface area contributed by atoms with Gasteiger partial charge in [0.15, 0.2) is 0 Å². The molecule has 3 aromatic heterocycles. The number of nitrogens with one attached hydrogen (secondary N) is 1. The summed E-state index contributed by atoms with van der Waals surface area (Å²) in [6.45, 7) is 4.12. The highest BCUT2D eigenvalue weighted by Gasteiger charge is 2.15. The minimum atomic E-state index is 0.529. The molecule has 1 aliphatic rings. The van der Waals surface area contributed by atoms with Crippen molar-refractivity contribution in [3.05, 3.63) is 67.1 Å². The van der Waals surface area contributed by atoms with Crippen LogP contribution in [0, 0.1) is 0 Å². The van der Waals surface area contributed by atoms with Crippen molar-refractivity contribution in [2.75, 3.05) is 43.4 Å². The van der Waals surface area contributed by atoms with E-state index >= 15 is 0 Å². The minimum Gasteiger partial charge on any atom is -0.354 e. The van der Waals surface area contributed by atoms with E-state index in [9.17, 15) is 0 Å². The van der Waals surface area contributed by atoms with Crippen molar-refractivity contribution in [1.29, 1.82) is 0 Å². The number of benzene rings is 1. The highest BCUT2D eigenvalue weighted by atomic mass is 15.3. The van der Waals surface area contributed by atoms with Crippen molar-refractivity contribution in [1.82, 2.24) is 24.8 Å². The maximum absolute atomic E-state index is 4.74. The molecule has 1 fully saturated rings. The quantitative estimate of drug-likeness (QED) is 0.564. The van der Waals surface area contributed by atoms with Crippen molar-refractivity contribution in [2.24, 2.45) is 0 Å². The van der Waals surface area contributed by atoms with Crippen LogP contribution in [0.25, 0.3) is 22.2 Å². The maximum atomic E-state index is 4.74. The average Bonchev–Trinajstić information content (AvgIpc) is 2.80. The van der Waals surface area contributed by atoms with E-state index in [0.29, 0.717) is 5.95 Å². The van der Waals surface area contributed by atoms with Crippen molar-refractivity contribution >= 4 is 28.4 Å². The molecule has 0 amide bonds. The lowest BCUT2D eigenvalue weighted by Gasteiger charge is -2.33. The van der Waals surface area contributed by atoms with Crippen LogP contribution in [-0.2, 0) is 0 Å².